The van der Waals surface area contributed by atoms with Crippen molar-refractivity contribution in [2.75, 3.05) is 6.61 Å². The Morgan fingerprint density at radius 3 is 2.63 bits per heavy atom. The van der Waals surface area contributed by atoms with E-state index in [2.05, 4.69) is 4.74 Å². The molecule has 0 aliphatic carbocycles. The van der Waals surface area contributed by atoms with Gasteiger partial charge in [-0.05, 0) is 23.8 Å². The molecule has 5 heteroatoms. The van der Waals surface area contributed by atoms with Crippen molar-refractivity contribution in [2.45, 2.75) is 12.8 Å². The summed E-state index contributed by atoms with van der Waals surface area (Å²) < 4.78 is 32.8. The van der Waals surface area contributed by atoms with Crippen LogP contribution < -0.4 is 0 Å². The van der Waals surface area contributed by atoms with Crippen molar-refractivity contribution in [3.8, 4) is 0 Å². The first-order valence-corrected chi connectivity index (χ1v) is 6.09. The van der Waals surface area contributed by atoms with Crippen LogP contribution in [0.4, 0.5) is 8.78 Å². The van der Waals surface area contributed by atoms with Gasteiger partial charge >= 0.3 is 11.9 Å². The maximum Gasteiger partial charge on any atom is 0.382 e. The second kappa shape index (κ2) is 5.13. The molecule has 0 aromatic heterocycles. The van der Waals surface area contributed by atoms with Gasteiger partial charge in [0.2, 0.25) is 0 Å². The third-order valence-electron chi connectivity index (χ3n) is 2.72. The van der Waals surface area contributed by atoms with Crippen molar-refractivity contribution in [2.24, 2.45) is 0 Å². The zero-order valence-corrected chi connectivity index (χ0v) is 10.9. The van der Waals surface area contributed by atoms with Crippen molar-refractivity contribution in [3.63, 3.8) is 0 Å². The maximum absolute atomic E-state index is 14.2. The highest BCUT2D eigenvalue weighted by Crippen LogP contribution is 2.39. The molecule has 0 aliphatic rings. The third kappa shape index (κ3) is 2.40. The molecule has 0 saturated carbocycles. The normalized spacial score (nSPS) is 11.6. The van der Waals surface area contributed by atoms with Gasteiger partial charge in [0.05, 0.1) is 17.2 Å². The van der Waals surface area contributed by atoms with Crippen LogP contribution in [0.1, 0.15) is 12.5 Å². The van der Waals surface area contributed by atoms with E-state index in [1.54, 1.807) is 24.3 Å². The first-order valence-electron chi connectivity index (χ1n) is 5.71. The molecule has 0 radical (unpaired) electrons. The Morgan fingerprint density at radius 2 is 1.95 bits per heavy atom. The molecule has 0 saturated heterocycles. The molecule has 2 nitrogen and oxygen atoms in total. The number of carbonyl (C=O) groups is 1. The summed E-state index contributed by atoms with van der Waals surface area (Å²) in [5.74, 6) is -5.36. The zero-order valence-electron chi connectivity index (χ0n) is 10.1. The predicted octanol–water partition coefficient (Wildman–Crippen LogP) is 4.15. The number of hydrogen-bond acceptors (Lipinski definition) is 2. The van der Waals surface area contributed by atoms with Gasteiger partial charge in [0.15, 0.2) is 0 Å². The molecule has 0 fully saturated rings. The molecule has 0 atom stereocenters. The number of rotatable bonds is 3. The zero-order chi connectivity index (χ0) is 14.0. The van der Waals surface area contributed by atoms with Crippen LogP contribution in [0.2, 0.25) is 5.02 Å². The molecule has 0 spiro atoms. The van der Waals surface area contributed by atoms with Crippen LogP contribution in [0.25, 0.3) is 10.8 Å². The van der Waals surface area contributed by atoms with Crippen molar-refractivity contribution in [3.05, 3.63) is 47.0 Å². The Labute approximate surface area is 113 Å². The number of esters is 1. The summed E-state index contributed by atoms with van der Waals surface area (Å²) in [5.41, 5.74) is -0.509. The Morgan fingerprint density at radius 1 is 1.26 bits per heavy atom. The number of alkyl halides is 2. The molecule has 0 unspecified atom stereocenters. The quantitative estimate of drug-likeness (QED) is 0.792. The molecule has 2 aromatic carbocycles. The first-order chi connectivity index (χ1) is 8.98. The molecule has 0 bridgehead atoms. The average Bonchev–Trinajstić information content (AvgIpc) is 2.38. The minimum absolute atomic E-state index is 0.114. The fraction of sp³-hybridized carbons (Fsp3) is 0.214. The van der Waals surface area contributed by atoms with Gasteiger partial charge in [-0.25, -0.2) is 4.79 Å². The largest absolute Gasteiger partial charge is 0.461 e. The Bertz CT molecular complexity index is 626. The minimum atomic E-state index is -3.77. The summed E-state index contributed by atoms with van der Waals surface area (Å²) in [6, 6.07) is 9.50. The standard InChI is InChI=1S/C14H11ClF2O2/c1-2-19-13(18)14(16,17)12-10-6-4-3-5-9(10)7-8-11(12)15/h3-8H,2H2,1H3. The number of benzene rings is 2. The van der Waals surface area contributed by atoms with Gasteiger partial charge in [-0.3, -0.25) is 0 Å². The summed E-state index contributed by atoms with van der Waals surface area (Å²) in [6.07, 6.45) is 0. The van der Waals surface area contributed by atoms with Crippen LogP contribution in [0.5, 0.6) is 0 Å². The molecule has 0 aliphatic heterocycles. The lowest BCUT2D eigenvalue weighted by Gasteiger charge is -2.18. The smallest absolute Gasteiger partial charge is 0.382 e. The Balaban J connectivity index is 2.67. The van der Waals surface area contributed by atoms with E-state index in [-0.39, 0.29) is 17.0 Å². The van der Waals surface area contributed by atoms with E-state index in [0.29, 0.717) is 5.39 Å². The van der Waals surface area contributed by atoms with E-state index in [1.165, 1.54) is 19.1 Å². The van der Waals surface area contributed by atoms with Gasteiger partial charge in [0.1, 0.15) is 0 Å². The summed E-state index contributed by atoms with van der Waals surface area (Å²) >= 11 is 5.84. The monoisotopic (exact) mass is 284 g/mol. The first kappa shape index (κ1) is 13.7. The van der Waals surface area contributed by atoms with Crippen LogP contribution in [0.3, 0.4) is 0 Å². The van der Waals surface area contributed by atoms with E-state index in [1.807, 2.05) is 0 Å². The summed E-state index contributed by atoms with van der Waals surface area (Å²) in [7, 11) is 0. The van der Waals surface area contributed by atoms with Gasteiger partial charge in [0, 0.05) is 0 Å². The van der Waals surface area contributed by atoms with E-state index >= 15 is 0 Å². The molecule has 2 rings (SSSR count). The molecule has 0 amide bonds. The van der Waals surface area contributed by atoms with E-state index < -0.39 is 17.5 Å². The molecular formula is C14H11ClF2O2. The lowest BCUT2D eigenvalue weighted by Crippen LogP contribution is -2.29. The number of ether oxygens (including phenoxy) is 1. The Kier molecular flexibility index (Phi) is 3.71. The fourth-order valence-corrected chi connectivity index (χ4v) is 2.17. The highest BCUT2D eigenvalue weighted by atomic mass is 35.5. The van der Waals surface area contributed by atoms with Gasteiger partial charge in [-0.1, -0.05) is 41.9 Å². The van der Waals surface area contributed by atoms with Crippen LogP contribution in [0, 0.1) is 0 Å². The number of halogens is 3. The molecule has 0 heterocycles. The highest BCUT2D eigenvalue weighted by Gasteiger charge is 2.45. The van der Waals surface area contributed by atoms with Crippen LogP contribution in [-0.2, 0) is 15.5 Å². The van der Waals surface area contributed by atoms with Crippen molar-refractivity contribution < 1.29 is 18.3 Å². The van der Waals surface area contributed by atoms with E-state index in [4.69, 9.17) is 11.6 Å². The van der Waals surface area contributed by atoms with Crippen molar-refractivity contribution >= 4 is 28.3 Å². The van der Waals surface area contributed by atoms with Crippen LogP contribution in [0.15, 0.2) is 36.4 Å². The number of fused-ring (bicyclic) bond motifs is 1. The molecular weight excluding hydrogens is 274 g/mol. The topological polar surface area (TPSA) is 26.3 Å². The van der Waals surface area contributed by atoms with Gasteiger partial charge < -0.3 is 4.74 Å². The summed E-state index contributed by atoms with van der Waals surface area (Å²) in [6.45, 7) is 1.36. The van der Waals surface area contributed by atoms with Crippen LogP contribution >= 0.6 is 11.6 Å². The summed E-state index contributed by atoms with van der Waals surface area (Å²) in [4.78, 5) is 11.4. The fourth-order valence-electron chi connectivity index (χ4n) is 1.89. The van der Waals surface area contributed by atoms with E-state index in [0.717, 1.165) is 0 Å². The maximum atomic E-state index is 14.2. The third-order valence-corrected chi connectivity index (χ3v) is 3.04. The van der Waals surface area contributed by atoms with Gasteiger partial charge in [-0.15, -0.1) is 0 Å². The lowest BCUT2D eigenvalue weighted by atomic mass is 9.99. The van der Waals surface area contributed by atoms with Crippen molar-refractivity contribution in [1.82, 2.24) is 0 Å². The van der Waals surface area contributed by atoms with Gasteiger partial charge in [0.25, 0.3) is 0 Å². The molecule has 19 heavy (non-hydrogen) atoms. The summed E-state index contributed by atoms with van der Waals surface area (Å²) in [5, 5.41) is 0.677. The second-order valence-corrected chi connectivity index (χ2v) is 4.35. The molecule has 100 valence electrons. The van der Waals surface area contributed by atoms with Crippen LogP contribution in [-0.4, -0.2) is 12.6 Å². The molecule has 2 aromatic rings. The van der Waals surface area contributed by atoms with Gasteiger partial charge in [-0.2, -0.15) is 8.78 Å². The van der Waals surface area contributed by atoms with Crippen molar-refractivity contribution in [1.29, 1.82) is 0 Å². The van der Waals surface area contributed by atoms with E-state index in [9.17, 15) is 13.6 Å². The number of hydrogen-bond donors (Lipinski definition) is 0. The highest BCUT2D eigenvalue weighted by molar-refractivity contribution is 6.32. The average molecular weight is 285 g/mol. The lowest BCUT2D eigenvalue weighted by molar-refractivity contribution is -0.172. The number of carbonyl (C=O) groups excluding carboxylic acids is 1. The SMILES string of the molecule is CCOC(=O)C(F)(F)c1c(Cl)ccc2ccccc12. The predicted molar refractivity (Wildman–Crippen MR) is 69.5 cm³/mol. The Hall–Kier alpha value is -1.68. The minimum Gasteiger partial charge on any atom is -0.461 e. The second-order valence-electron chi connectivity index (χ2n) is 3.94. The molecule has 0 N–H and O–H groups in total.